The predicted molar refractivity (Wildman–Crippen MR) is 128 cm³/mol. The van der Waals surface area contributed by atoms with Gasteiger partial charge in [0.1, 0.15) is 11.3 Å². The SMILES string of the molecule is CCS(=O)C1CCCC(NC(=NC)NCc2ccc(OC)c(C(=O)OC)c2)C1.I. The Labute approximate surface area is 192 Å². The van der Waals surface area contributed by atoms with Gasteiger partial charge < -0.3 is 20.1 Å². The van der Waals surface area contributed by atoms with E-state index in [9.17, 15) is 9.00 Å². The van der Waals surface area contributed by atoms with E-state index >= 15 is 0 Å². The summed E-state index contributed by atoms with van der Waals surface area (Å²) in [4.78, 5) is 16.2. The summed E-state index contributed by atoms with van der Waals surface area (Å²) in [5.41, 5.74) is 1.31. The fourth-order valence-corrected chi connectivity index (χ4v) is 4.81. The zero-order valence-electron chi connectivity index (χ0n) is 17.5. The Kier molecular flexibility index (Phi) is 11.6. The lowest BCUT2D eigenvalue weighted by atomic mass is 9.95. The second-order valence-electron chi connectivity index (χ2n) is 6.75. The number of rotatable bonds is 7. The zero-order valence-corrected chi connectivity index (χ0v) is 20.7. The highest BCUT2D eigenvalue weighted by Gasteiger charge is 2.26. The summed E-state index contributed by atoms with van der Waals surface area (Å²) in [7, 11) is 3.85. The molecule has 0 aromatic heterocycles. The molecule has 1 saturated carbocycles. The van der Waals surface area contributed by atoms with Gasteiger partial charge in [-0.05, 0) is 37.0 Å². The van der Waals surface area contributed by atoms with Crippen molar-refractivity contribution in [3.05, 3.63) is 29.3 Å². The fraction of sp³-hybridized carbons (Fsp3) is 0.600. The number of benzene rings is 1. The Hall–Kier alpha value is -1.36. The van der Waals surface area contributed by atoms with E-state index in [1.807, 2.05) is 13.0 Å². The first-order valence-corrected chi connectivity index (χ1v) is 11.0. The van der Waals surface area contributed by atoms with E-state index in [0.29, 0.717) is 29.6 Å². The van der Waals surface area contributed by atoms with Crippen LogP contribution in [-0.4, -0.2) is 54.4 Å². The maximum atomic E-state index is 12.1. The van der Waals surface area contributed by atoms with Gasteiger partial charge in [0.2, 0.25) is 0 Å². The molecule has 1 aliphatic carbocycles. The summed E-state index contributed by atoms with van der Waals surface area (Å²) in [5, 5.41) is 6.99. The molecule has 1 fully saturated rings. The van der Waals surface area contributed by atoms with E-state index in [1.165, 1.54) is 14.2 Å². The van der Waals surface area contributed by atoms with Crippen LogP contribution in [0.25, 0.3) is 0 Å². The number of esters is 1. The van der Waals surface area contributed by atoms with Crippen molar-refractivity contribution < 1.29 is 18.5 Å². The highest BCUT2D eigenvalue weighted by atomic mass is 127. The van der Waals surface area contributed by atoms with Crippen LogP contribution in [0.1, 0.15) is 48.5 Å². The summed E-state index contributed by atoms with van der Waals surface area (Å²) in [5.74, 6) is 1.46. The monoisotopic (exact) mass is 537 g/mol. The van der Waals surface area contributed by atoms with E-state index in [2.05, 4.69) is 15.6 Å². The second-order valence-corrected chi connectivity index (χ2v) is 8.76. The van der Waals surface area contributed by atoms with Crippen LogP contribution in [0.4, 0.5) is 0 Å². The van der Waals surface area contributed by atoms with Crippen LogP contribution in [0.5, 0.6) is 5.75 Å². The van der Waals surface area contributed by atoms with E-state index in [1.54, 1.807) is 19.2 Å². The second kappa shape index (κ2) is 13.0. The predicted octanol–water partition coefficient (Wildman–Crippen LogP) is 2.84. The molecule has 29 heavy (non-hydrogen) atoms. The maximum Gasteiger partial charge on any atom is 0.341 e. The highest BCUT2D eigenvalue weighted by Crippen LogP contribution is 2.23. The molecule has 0 bridgehead atoms. The number of aliphatic imine (C=N–C) groups is 1. The number of nitrogens with one attached hydrogen (secondary N) is 2. The van der Waals surface area contributed by atoms with Crippen LogP contribution in [0, 0.1) is 0 Å². The Balaban J connectivity index is 0.00000420. The van der Waals surface area contributed by atoms with Crippen molar-refractivity contribution in [3.8, 4) is 5.75 Å². The number of carbonyl (C=O) groups is 1. The largest absolute Gasteiger partial charge is 0.496 e. The molecule has 0 heterocycles. The molecule has 1 aliphatic rings. The van der Waals surface area contributed by atoms with Crippen LogP contribution in [-0.2, 0) is 22.1 Å². The molecule has 7 nitrogen and oxygen atoms in total. The highest BCUT2D eigenvalue weighted by molar-refractivity contribution is 14.0. The minimum absolute atomic E-state index is 0. The zero-order chi connectivity index (χ0) is 20.5. The van der Waals surface area contributed by atoms with Crippen LogP contribution < -0.4 is 15.4 Å². The topological polar surface area (TPSA) is 89.0 Å². The molecule has 0 aliphatic heterocycles. The van der Waals surface area contributed by atoms with Gasteiger partial charge in [-0.1, -0.05) is 19.4 Å². The minimum Gasteiger partial charge on any atom is -0.496 e. The molecule has 3 unspecified atom stereocenters. The summed E-state index contributed by atoms with van der Waals surface area (Å²) >= 11 is 0. The van der Waals surface area contributed by atoms with Crippen molar-refractivity contribution in [1.29, 1.82) is 0 Å². The standard InChI is InChI=1S/C20H31N3O4S.HI/c1-5-28(25)16-8-6-7-15(12-16)23-20(21-2)22-13-14-9-10-18(26-3)17(11-14)19(24)27-4;/h9-11,15-16H,5-8,12-13H2,1-4H3,(H2,21,22,23);1H. The first-order chi connectivity index (χ1) is 13.5. The van der Waals surface area contributed by atoms with Gasteiger partial charge in [0, 0.05) is 41.4 Å². The van der Waals surface area contributed by atoms with Crippen LogP contribution in [0.2, 0.25) is 0 Å². The number of guanidine groups is 1. The molecule has 1 aromatic rings. The number of hydrogen-bond acceptors (Lipinski definition) is 5. The quantitative estimate of drug-likeness (QED) is 0.241. The third-order valence-electron chi connectivity index (χ3n) is 4.98. The molecule has 1 aromatic carbocycles. The number of methoxy groups -OCH3 is 2. The molecular formula is C20H32IN3O4S. The lowest BCUT2D eigenvalue weighted by molar-refractivity contribution is 0.0597. The van der Waals surface area contributed by atoms with Gasteiger partial charge in [0.15, 0.2) is 5.96 Å². The third-order valence-corrected chi connectivity index (χ3v) is 6.72. The normalized spacial score (nSPS) is 20.2. The lowest BCUT2D eigenvalue weighted by Gasteiger charge is -2.30. The molecule has 0 amide bonds. The van der Waals surface area contributed by atoms with Crippen molar-refractivity contribution >= 4 is 46.7 Å². The van der Waals surface area contributed by atoms with Crippen molar-refractivity contribution in [2.45, 2.75) is 50.4 Å². The summed E-state index contributed by atoms with van der Waals surface area (Å²) in [6.07, 6.45) is 4.06. The fourth-order valence-electron chi connectivity index (χ4n) is 3.46. The number of carbonyl (C=O) groups excluding carboxylic acids is 1. The molecule has 0 saturated heterocycles. The molecule has 2 rings (SSSR count). The molecule has 0 spiro atoms. The van der Waals surface area contributed by atoms with Gasteiger partial charge in [-0.2, -0.15) is 0 Å². The number of ether oxygens (including phenoxy) is 2. The lowest BCUT2D eigenvalue weighted by Crippen LogP contribution is -2.46. The van der Waals surface area contributed by atoms with Gasteiger partial charge in [-0.3, -0.25) is 9.20 Å². The molecule has 9 heteroatoms. The summed E-state index contributed by atoms with van der Waals surface area (Å²) in [6.45, 7) is 2.48. The Morgan fingerprint density at radius 3 is 2.69 bits per heavy atom. The van der Waals surface area contributed by atoms with Gasteiger partial charge in [-0.25, -0.2) is 4.79 Å². The van der Waals surface area contributed by atoms with E-state index in [0.717, 1.165) is 31.2 Å². The van der Waals surface area contributed by atoms with E-state index in [-0.39, 0.29) is 35.3 Å². The van der Waals surface area contributed by atoms with Crippen LogP contribution in [0.3, 0.4) is 0 Å². The molecule has 3 atom stereocenters. The summed E-state index contributed by atoms with van der Waals surface area (Å²) < 4.78 is 22.2. The Morgan fingerprint density at radius 2 is 2.07 bits per heavy atom. The van der Waals surface area contributed by atoms with Crippen molar-refractivity contribution in [2.75, 3.05) is 27.0 Å². The van der Waals surface area contributed by atoms with Gasteiger partial charge in [0.05, 0.1) is 14.2 Å². The average Bonchev–Trinajstić information content (AvgIpc) is 2.75. The van der Waals surface area contributed by atoms with Gasteiger partial charge in [0.25, 0.3) is 0 Å². The molecule has 0 radical (unpaired) electrons. The Morgan fingerprint density at radius 1 is 1.31 bits per heavy atom. The van der Waals surface area contributed by atoms with Crippen molar-refractivity contribution in [3.63, 3.8) is 0 Å². The number of nitrogens with zero attached hydrogens (tertiary/aromatic N) is 1. The molecule has 164 valence electrons. The van der Waals surface area contributed by atoms with Gasteiger partial charge in [-0.15, -0.1) is 24.0 Å². The van der Waals surface area contributed by atoms with E-state index in [4.69, 9.17) is 9.47 Å². The first kappa shape index (κ1) is 25.7. The first-order valence-electron chi connectivity index (χ1n) is 9.61. The van der Waals surface area contributed by atoms with Crippen molar-refractivity contribution in [2.24, 2.45) is 4.99 Å². The van der Waals surface area contributed by atoms with Crippen LogP contribution >= 0.6 is 24.0 Å². The maximum absolute atomic E-state index is 12.1. The van der Waals surface area contributed by atoms with Gasteiger partial charge >= 0.3 is 5.97 Å². The minimum atomic E-state index is -0.752. The van der Waals surface area contributed by atoms with Crippen LogP contribution in [0.15, 0.2) is 23.2 Å². The van der Waals surface area contributed by atoms with E-state index < -0.39 is 16.8 Å². The molecule has 2 N–H and O–H groups in total. The Bertz CT molecular complexity index is 730. The third kappa shape index (κ3) is 7.44. The number of hydrogen-bond donors (Lipinski definition) is 2. The summed E-state index contributed by atoms with van der Waals surface area (Å²) in [6, 6.07) is 5.67. The van der Waals surface area contributed by atoms with Crippen molar-refractivity contribution in [1.82, 2.24) is 10.6 Å². The molecular weight excluding hydrogens is 505 g/mol. The average molecular weight is 537 g/mol. The number of halogens is 1. The smallest absolute Gasteiger partial charge is 0.341 e.